The summed E-state index contributed by atoms with van der Waals surface area (Å²) in [5.74, 6) is 0.161. The second-order valence-corrected chi connectivity index (χ2v) is 7.93. The lowest BCUT2D eigenvalue weighted by Gasteiger charge is -2.29. The van der Waals surface area contributed by atoms with Crippen LogP contribution in [0.25, 0.3) is 10.8 Å². The smallest absolute Gasteiger partial charge is 0.241 e. The zero-order valence-electron chi connectivity index (χ0n) is 13.5. The summed E-state index contributed by atoms with van der Waals surface area (Å²) in [6.07, 6.45) is 2.75. The molecule has 24 heavy (non-hydrogen) atoms. The molecule has 0 radical (unpaired) electrons. The number of nitrogens with one attached hydrogen (secondary N) is 1. The van der Waals surface area contributed by atoms with Crippen LogP contribution < -0.4 is 4.72 Å². The number of piperidine rings is 1. The van der Waals surface area contributed by atoms with Gasteiger partial charge in [-0.25, -0.2) is 13.1 Å². The van der Waals surface area contributed by atoms with Crippen LogP contribution in [0.4, 0.5) is 0 Å². The molecule has 0 atom stereocenters. The number of sulfonamides is 1. The number of carbonyl (C=O) groups is 1. The molecular formula is C18H22N2O3S. The normalized spacial score (nSPS) is 17.2. The van der Waals surface area contributed by atoms with Crippen molar-refractivity contribution < 1.29 is 13.2 Å². The number of hydrogen-bond donors (Lipinski definition) is 1. The highest BCUT2D eigenvalue weighted by Crippen LogP contribution is 2.22. The zero-order valence-corrected chi connectivity index (χ0v) is 14.3. The number of rotatable bonds is 6. The average Bonchev–Trinajstić information content (AvgIpc) is 2.61. The van der Waals surface area contributed by atoms with Crippen LogP contribution in [0.15, 0.2) is 47.4 Å². The highest BCUT2D eigenvalue weighted by Gasteiger charge is 2.20. The first-order valence-corrected chi connectivity index (χ1v) is 9.73. The van der Waals surface area contributed by atoms with Gasteiger partial charge in [-0.05, 0) is 37.4 Å². The van der Waals surface area contributed by atoms with Crippen molar-refractivity contribution >= 4 is 27.1 Å². The van der Waals surface area contributed by atoms with Crippen LogP contribution in [0, 0.1) is 5.92 Å². The molecule has 2 aromatic rings. The van der Waals surface area contributed by atoms with Crippen LogP contribution in [0.3, 0.4) is 0 Å². The largest absolute Gasteiger partial charge is 0.303 e. The Bertz CT molecular complexity index is 807. The Morgan fingerprint density at radius 1 is 1.08 bits per heavy atom. The molecule has 0 unspecified atom stereocenters. The standard InChI is InChI=1S/C18H22N2O3S/c21-14-15-8-11-20(12-9-15)13-10-19-24(22,23)18-7-3-5-16-4-1-2-6-17(16)18/h1-7,14-15,19H,8-13H2. The third-order valence-electron chi connectivity index (χ3n) is 4.58. The molecule has 6 heteroatoms. The molecule has 0 aliphatic carbocycles. The summed E-state index contributed by atoms with van der Waals surface area (Å²) in [6, 6.07) is 12.8. The number of likely N-dealkylation sites (tertiary alicyclic amines) is 1. The van der Waals surface area contributed by atoms with E-state index in [1.807, 2.05) is 30.3 Å². The Hall–Kier alpha value is -1.76. The van der Waals surface area contributed by atoms with E-state index in [9.17, 15) is 13.2 Å². The average molecular weight is 346 g/mol. The minimum absolute atomic E-state index is 0.161. The van der Waals surface area contributed by atoms with E-state index in [4.69, 9.17) is 0 Å². The molecule has 1 heterocycles. The van der Waals surface area contributed by atoms with Crippen molar-refractivity contribution in [3.8, 4) is 0 Å². The predicted molar refractivity (Wildman–Crippen MR) is 94.4 cm³/mol. The van der Waals surface area contributed by atoms with Gasteiger partial charge in [-0.15, -0.1) is 0 Å². The maximum absolute atomic E-state index is 12.6. The van der Waals surface area contributed by atoms with E-state index in [2.05, 4.69) is 9.62 Å². The van der Waals surface area contributed by atoms with Crippen LogP contribution in [0.5, 0.6) is 0 Å². The van der Waals surface area contributed by atoms with Gasteiger partial charge in [0.15, 0.2) is 0 Å². The van der Waals surface area contributed by atoms with Gasteiger partial charge in [-0.2, -0.15) is 0 Å². The molecule has 1 N–H and O–H groups in total. The summed E-state index contributed by atoms with van der Waals surface area (Å²) < 4.78 is 27.9. The van der Waals surface area contributed by atoms with E-state index in [0.717, 1.165) is 43.0 Å². The third-order valence-corrected chi connectivity index (χ3v) is 6.10. The first kappa shape index (κ1) is 17.1. The van der Waals surface area contributed by atoms with Crippen LogP contribution in [0.1, 0.15) is 12.8 Å². The molecular weight excluding hydrogens is 324 g/mol. The minimum Gasteiger partial charge on any atom is -0.303 e. The summed E-state index contributed by atoms with van der Waals surface area (Å²) in [6.45, 7) is 2.73. The number of nitrogens with zero attached hydrogens (tertiary/aromatic N) is 1. The second-order valence-electron chi connectivity index (χ2n) is 6.19. The highest BCUT2D eigenvalue weighted by atomic mass is 32.2. The molecule has 0 bridgehead atoms. The number of fused-ring (bicyclic) bond motifs is 1. The Morgan fingerprint density at radius 2 is 1.79 bits per heavy atom. The van der Waals surface area contributed by atoms with Crippen molar-refractivity contribution in [3.63, 3.8) is 0 Å². The van der Waals surface area contributed by atoms with Crippen molar-refractivity contribution in [3.05, 3.63) is 42.5 Å². The fraction of sp³-hybridized carbons (Fsp3) is 0.389. The SMILES string of the molecule is O=CC1CCN(CCNS(=O)(=O)c2cccc3ccccc23)CC1. The molecule has 0 aromatic heterocycles. The summed E-state index contributed by atoms with van der Waals surface area (Å²) in [5, 5.41) is 1.65. The van der Waals surface area contributed by atoms with Gasteiger partial charge in [0.2, 0.25) is 10.0 Å². The molecule has 1 aliphatic heterocycles. The fourth-order valence-electron chi connectivity index (χ4n) is 3.16. The quantitative estimate of drug-likeness (QED) is 0.813. The summed E-state index contributed by atoms with van der Waals surface area (Å²) in [4.78, 5) is 13.3. The van der Waals surface area contributed by atoms with Crippen LogP contribution >= 0.6 is 0 Å². The number of carbonyl (C=O) groups excluding carboxylic acids is 1. The molecule has 1 fully saturated rings. The predicted octanol–water partition coefficient (Wildman–Crippen LogP) is 2.03. The van der Waals surface area contributed by atoms with E-state index in [1.54, 1.807) is 12.1 Å². The third kappa shape index (κ3) is 3.83. The Kier molecular flexibility index (Phi) is 5.28. The van der Waals surface area contributed by atoms with Crippen molar-refractivity contribution in [2.24, 2.45) is 5.92 Å². The molecule has 1 saturated heterocycles. The van der Waals surface area contributed by atoms with Gasteiger partial charge in [-0.1, -0.05) is 36.4 Å². The second kappa shape index (κ2) is 7.42. The van der Waals surface area contributed by atoms with Gasteiger partial charge < -0.3 is 9.69 Å². The monoisotopic (exact) mass is 346 g/mol. The van der Waals surface area contributed by atoms with Gasteiger partial charge >= 0.3 is 0 Å². The van der Waals surface area contributed by atoms with E-state index >= 15 is 0 Å². The molecule has 0 amide bonds. The number of benzene rings is 2. The molecule has 3 rings (SSSR count). The Labute approximate surface area is 142 Å². The molecule has 0 spiro atoms. The Morgan fingerprint density at radius 3 is 2.54 bits per heavy atom. The summed E-state index contributed by atoms with van der Waals surface area (Å²) in [7, 11) is -3.54. The van der Waals surface area contributed by atoms with E-state index in [0.29, 0.717) is 18.0 Å². The summed E-state index contributed by atoms with van der Waals surface area (Å²) >= 11 is 0. The van der Waals surface area contributed by atoms with Gasteiger partial charge in [0.05, 0.1) is 4.90 Å². The van der Waals surface area contributed by atoms with Crippen LogP contribution in [-0.2, 0) is 14.8 Å². The van der Waals surface area contributed by atoms with Gasteiger partial charge in [0.25, 0.3) is 0 Å². The minimum atomic E-state index is -3.54. The van der Waals surface area contributed by atoms with Gasteiger partial charge in [-0.3, -0.25) is 0 Å². The number of aldehydes is 1. The highest BCUT2D eigenvalue weighted by molar-refractivity contribution is 7.89. The lowest BCUT2D eigenvalue weighted by atomic mass is 9.99. The van der Waals surface area contributed by atoms with Gasteiger partial charge in [0.1, 0.15) is 6.29 Å². The molecule has 1 aliphatic rings. The molecule has 128 valence electrons. The van der Waals surface area contributed by atoms with E-state index < -0.39 is 10.0 Å². The maximum atomic E-state index is 12.6. The van der Waals surface area contributed by atoms with Crippen molar-refractivity contribution in [1.82, 2.24) is 9.62 Å². The molecule has 0 saturated carbocycles. The van der Waals surface area contributed by atoms with E-state index in [1.165, 1.54) is 0 Å². The lowest BCUT2D eigenvalue weighted by molar-refractivity contribution is -0.112. The van der Waals surface area contributed by atoms with Crippen molar-refractivity contribution in [2.75, 3.05) is 26.2 Å². The lowest BCUT2D eigenvalue weighted by Crippen LogP contribution is -2.39. The molecule has 2 aromatic carbocycles. The maximum Gasteiger partial charge on any atom is 0.241 e. The molecule has 5 nitrogen and oxygen atoms in total. The topological polar surface area (TPSA) is 66.5 Å². The number of hydrogen-bond acceptors (Lipinski definition) is 4. The fourth-order valence-corrected chi connectivity index (χ4v) is 4.41. The van der Waals surface area contributed by atoms with Crippen LogP contribution in [0.2, 0.25) is 0 Å². The Balaban J connectivity index is 1.63. The zero-order chi connectivity index (χ0) is 17.0. The van der Waals surface area contributed by atoms with E-state index in [-0.39, 0.29) is 5.92 Å². The first-order valence-electron chi connectivity index (χ1n) is 8.25. The van der Waals surface area contributed by atoms with Crippen molar-refractivity contribution in [2.45, 2.75) is 17.7 Å². The van der Waals surface area contributed by atoms with Crippen molar-refractivity contribution in [1.29, 1.82) is 0 Å². The van der Waals surface area contributed by atoms with Gasteiger partial charge in [0, 0.05) is 24.4 Å². The summed E-state index contributed by atoms with van der Waals surface area (Å²) in [5.41, 5.74) is 0. The van der Waals surface area contributed by atoms with Crippen LogP contribution in [-0.4, -0.2) is 45.8 Å². The first-order chi connectivity index (χ1) is 11.6.